The van der Waals surface area contributed by atoms with Crippen molar-refractivity contribution in [3.05, 3.63) is 71.8 Å². The average molecular weight is 655 g/mol. The number of benzene rings is 2. The Bertz CT molecular complexity index is 1390. The Morgan fingerprint density at radius 3 is 2.65 bits per heavy atom. The molecule has 5 aliphatic rings. The number of carbonyl (C=O) groups excluding carboxylic acids is 1. The summed E-state index contributed by atoms with van der Waals surface area (Å²) in [4.78, 5) is 19.4. The predicted molar refractivity (Wildman–Crippen MR) is 192 cm³/mol. The number of aryl methyl sites for hydroxylation is 1. The molecule has 2 saturated carbocycles. The summed E-state index contributed by atoms with van der Waals surface area (Å²) in [6, 6.07) is 15.7. The molecule has 1 saturated heterocycles. The number of hydrogen-bond acceptors (Lipinski definition) is 5. The first kappa shape index (κ1) is 33.7. The highest BCUT2D eigenvalue weighted by Gasteiger charge is 2.66. The minimum Gasteiger partial charge on any atom is -0.487 e. The first-order valence-electron chi connectivity index (χ1n) is 19.4. The fraction of sp³-hybridized carbons (Fsp3) is 0.643. The van der Waals surface area contributed by atoms with Gasteiger partial charge in [-0.3, -0.25) is 9.69 Å². The topological polar surface area (TPSA) is 62.2 Å². The highest BCUT2D eigenvalue weighted by atomic mass is 16.5. The van der Waals surface area contributed by atoms with Crippen LogP contribution in [0.3, 0.4) is 0 Å². The van der Waals surface area contributed by atoms with E-state index in [0.29, 0.717) is 30.2 Å². The van der Waals surface area contributed by atoms with Crippen molar-refractivity contribution in [1.82, 2.24) is 9.80 Å². The highest BCUT2D eigenvalue weighted by Crippen LogP contribution is 2.64. The normalized spacial score (nSPS) is 27.6. The largest absolute Gasteiger partial charge is 0.487 e. The van der Waals surface area contributed by atoms with Crippen LogP contribution in [0.15, 0.2) is 55.1 Å². The number of nitrogens with zero attached hydrogens (tertiary/aromatic N) is 2. The second-order valence-corrected chi connectivity index (χ2v) is 15.4. The van der Waals surface area contributed by atoms with Crippen LogP contribution in [0.1, 0.15) is 107 Å². The molecule has 2 aromatic rings. The zero-order valence-corrected chi connectivity index (χ0v) is 29.1. The Morgan fingerprint density at radius 2 is 1.83 bits per heavy atom. The molecule has 260 valence electrons. The molecule has 48 heavy (non-hydrogen) atoms. The van der Waals surface area contributed by atoms with E-state index in [9.17, 15) is 9.90 Å². The van der Waals surface area contributed by atoms with Gasteiger partial charge < -0.3 is 19.5 Å². The number of piperidine rings is 1. The summed E-state index contributed by atoms with van der Waals surface area (Å²) in [5.41, 5.74) is 4.08. The third-order valence-electron chi connectivity index (χ3n) is 12.7. The first-order valence-corrected chi connectivity index (χ1v) is 19.4. The number of likely N-dealkylation sites (tertiary alicyclic amines) is 1. The van der Waals surface area contributed by atoms with Crippen LogP contribution in [0.4, 0.5) is 0 Å². The number of hydrogen-bond donors (Lipinski definition) is 1. The van der Waals surface area contributed by atoms with Crippen molar-refractivity contribution in [2.24, 2.45) is 11.8 Å². The van der Waals surface area contributed by atoms with Crippen molar-refractivity contribution >= 4 is 5.91 Å². The van der Waals surface area contributed by atoms with Gasteiger partial charge >= 0.3 is 0 Å². The number of ether oxygens (including phenoxy) is 2. The van der Waals surface area contributed by atoms with Gasteiger partial charge in [-0.2, -0.15) is 0 Å². The molecule has 0 aromatic heterocycles. The quantitative estimate of drug-likeness (QED) is 0.149. The Morgan fingerprint density at radius 1 is 1.02 bits per heavy atom. The molecule has 1 spiro atoms. The fourth-order valence-corrected chi connectivity index (χ4v) is 10.6. The number of aliphatic hydroxyl groups is 1. The van der Waals surface area contributed by atoms with Gasteiger partial charge in [0.15, 0.2) is 11.5 Å². The molecule has 3 aliphatic carbocycles. The second kappa shape index (κ2) is 15.4. The second-order valence-electron chi connectivity index (χ2n) is 15.4. The zero-order chi connectivity index (χ0) is 32.9. The minimum atomic E-state index is -0.101. The van der Waals surface area contributed by atoms with Crippen LogP contribution in [-0.4, -0.2) is 71.8 Å². The summed E-state index contributed by atoms with van der Waals surface area (Å²) in [6.45, 7) is 7.16. The van der Waals surface area contributed by atoms with E-state index in [-0.39, 0.29) is 30.8 Å². The molecule has 1 amide bonds. The molecule has 6 heteroatoms. The monoisotopic (exact) mass is 654 g/mol. The van der Waals surface area contributed by atoms with E-state index in [2.05, 4.69) is 64.9 Å². The lowest BCUT2D eigenvalue weighted by atomic mass is 9.51. The SMILES string of the molecule is C=CCN1CC[C@]23c4c5ccc(OCCO)c4O[C@H]2[C@@H](N(CC2CCCCC2)C(=O)CCCCCCCc2ccccc2)CC[C@H]3[C@H]1C5. The summed E-state index contributed by atoms with van der Waals surface area (Å²) in [5, 5.41) is 9.60. The predicted octanol–water partition coefficient (Wildman–Crippen LogP) is 7.64. The lowest BCUT2D eigenvalue weighted by molar-refractivity contribution is -0.144. The maximum absolute atomic E-state index is 14.4. The van der Waals surface area contributed by atoms with Crippen LogP contribution in [0, 0.1) is 11.8 Å². The maximum Gasteiger partial charge on any atom is 0.222 e. The Hall–Kier alpha value is -2.83. The van der Waals surface area contributed by atoms with Gasteiger partial charge in [-0.1, -0.05) is 81.0 Å². The molecule has 2 aliphatic heterocycles. The van der Waals surface area contributed by atoms with Crippen LogP contribution in [0.2, 0.25) is 0 Å². The Labute approximate surface area is 288 Å². The third kappa shape index (κ3) is 6.56. The van der Waals surface area contributed by atoms with Gasteiger partial charge in [0, 0.05) is 36.5 Å². The van der Waals surface area contributed by atoms with Crippen molar-refractivity contribution in [2.75, 3.05) is 32.8 Å². The molecule has 0 radical (unpaired) electrons. The van der Waals surface area contributed by atoms with Gasteiger partial charge in [-0.25, -0.2) is 0 Å². The van der Waals surface area contributed by atoms with Gasteiger partial charge in [0.25, 0.3) is 0 Å². The fourth-order valence-electron chi connectivity index (χ4n) is 10.6. The summed E-state index contributed by atoms with van der Waals surface area (Å²) in [7, 11) is 0. The van der Waals surface area contributed by atoms with Gasteiger partial charge in [0.2, 0.25) is 5.91 Å². The molecule has 5 atom stereocenters. The summed E-state index contributed by atoms with van der Waals surface area (Å²) in [6.07, 6.45) is 20.1. The summed E-state index contributed by atoms with van der Waals surface area (Å²) < 4.78 is 13.3. The average Bonchev–Trinajstić information content (AvgIpc) is 3.47. The first-order chi connectivity index (χ1) is 23.6. The number of rotatable bonds is 16. The molecule has 1 N–H and O–H groups in total. The number of carbonyl (C=O) groups is 1. The van der Waals surface area contributed by atoms with E-state index < -0.39 is 0 Å². The van der Waals surface area contributed by atoms with Gasteiger partial charge in [-0.15, -0.1) is 6.58 Å². The third-order valence-corrected chi connectivity index (χ3v) is 12.7. The number of aliphatic hydroxyl groups excluding tert-OH is 1. The molecule has 3 fully saturated rings. The van der Waals surface area contributed by atoms with Crippen LogP contribution in [-0.2, 0) is 23.1 Å². The molecule has 2 aromatic carbocycles. The van der Waals surface area contributed by atoms with Gasteiger partial charge in [-0.05, 0) is 93.4 Å². The van der Waals surface area contributed by atoms with E-state index in [4.69, 9.17) is 9.47 Å². The van der Waals surface area contributed by atoms with E-state index in [1.807, 2.05) is 0 Å². The lowest BCUT2D eigenvalue weighted by Crippen LogP contribution is -2.69. The van der Waals surface area contributed by atoms with Crippen molar-refractivity contribution in [3.63, 3.8) is 0 Å². The highest BCUT2D eigenvalue weighted by molar-refractivity contribution is 5.77. The Balaban J connectivity index is 1.10. The molecule has 0 unspecified atom stereocenters. The van der Waals surface area contributed by atoms with Crippen LogP contribution >= 0.6 is 0 Å². The minimum absolute atomic E-state index is 0.0222. The molecule has 7 rings (SSSR count). The number of amides is 1. The lowest BCUT2D eigenvalue weighted by Gasteiger charge is -2.60. The molecule has 2 heterocycles. The Kier molecular flexibility index (Phi) is 10.8. The van der Waals surface area contributed by atoms with Crippen LogP contribution < -0.4 is 9.47 Å². The summed E-state index contributed by atoms with van der Waals surface area (Å²) in [5.74, 6) is 3.09. The zero-order valence-electron chi connectivity index (χ0n) is 29.1. The molecular weight excluding hydrogens is 596 g/mol. The maximum atomic E-state index is 14.4. The van der Waals surface area contributed by atoms with Crippen LogP contribution in [0.25, 0.3) is 0 Å². The molecule has 2 bridgehead atoms. The van der Waals surface area contributed by atoms with Gasteiger partial charge in [0.1, 0.15) is 12.7 Å². The van der Waals surface area contributed by atoms with Crippen molar-refractivity contribution in [3.8, 4) is 11.5 Å². The van der Waals surface area contributed by atoms with E-state index in [1.54, 1.807) is 0 Å². The van der Waals surface area contributed by atoms with E-state index in [1.165, 1.54) is 68.1 Å². The van der Waals surface area contributed by atoms with Crippen molar-refractivity contribution in [2.45, 2.75) is 126 Å². The van der Waals surface area contributed by atoms with E-state index >= 15 is 0 Å². The van der Waals surface area contributed by atoms with Crippen LogP contribution in [0.5, 0.6) is 11.5 Å². The summed E-state index contributed by atoms with van der Waals surface area (Å²) >= 11 is 0. The standard InChI is InChI=1S/C42H58N2O4/c1-2-25-43-26-24-42-34-21-22-35(41(42)48-40-37(47-28-27-45)23-20-33(39(40)42)29-36(34)43)44(30-32-17-11-7-12-18-32)38(46)19-13-5-3-4-8-14-31-15-9-6-10-16-31/h2,6,9-10,15-16,20,23,32,34-36,41,45H,1,3-5,7-8,11-14,17-19,21-22,24-30H2/t34-,35-,36+,41-,42-/m0/s1. The van der Waals surface area contributed by atoms with Crippen molar-refractivity contribution in [1.29, 1.82) is 0 Å². The molecule has 6 nitrogen and oxygen atoms in total. The number of unbranched alkanes of at least 4 members (excludes halogenated alkanes) is 4. The van der Waals surface area contributed by atoms with Gasteiger partial charge in [0.05, 0.1) is 12.6 Å². The smallest absolute Gasteiger partial charge is 0.222 e. The molecular formula is C42H58N2O4. The van der Waals surface area contributed by atoms with Crippen molar-refractivity contribution < 1.29 is 19.4 Å². The van der Waals surface area contributed by atoms with E-state index in [0.717, 1.165) is 76.1 Å².